The standard InChI is InChI=1S/C26H41NO3/c1-3-5-6-7-8-9-10-11-12-13-14-15-16-21-27-24-19-17-23(18-20-24)25(28)22-26(29)30-4-2/h13-14,17-20,27H,3-12,15-16,21-22H2,1-2H3. The molecule has 0 radical (unpaired) electrons. The maximum atomic E-state index is 12.0. The molecule has 0 aliphatic heterocycles. The van der Waals surface area contributed by atoms with Gasteiger partial charge in [-0.15, -0.1) is 0 Å². The van der Waals surface area contributed by atoms with E-state index in [1.54, 1.807) is 19.1 Å². The molecule has 1 N–H and O–H groups in total. The van der Waals surface area contributed by atoms with Crippen molar-refractivity contribution in [3.8, 4) is 0 Å². The van der Waals surface area contributed by atoms with E-state index in [2.05, 4.69) is 24.4 Å². The number of Topliss-reactive ketones (excluding diaryl/α,β-unsaturated/α-hetero) is 1. The molecule has 0 aromatic heterocycles. The van der Waals surface area contributed by atoms with Gasteiger partial charge in [0.15, 0.2) is 5.78 Å². The van der Waals surface area contributed by atoms with Crippen LogP contribution in [-0.4, -0.2) is 24.9 Å². The highest BCUT2D eigenvalue weighted by Gasteiger charge is 2.12. The third kappa shape index (κ3) is 13.2. The minimum Gasteiger partial charge on any atom is -0.466 e. The molecule has 0 bridgehead atoms. The molecule has 168 valence electrons. The van der Waals surface area contributed by atoms with E-state index in [9.17, 15) is 9.59 Å². The van der Waals surface area contributed by atoms with Crippen molar-refractivity contribution in [3.63, 3.8) is 0 Å². The van der Waals surface area contributed by atoms with Crippen LogP contribution in [0.5, 0.6) is 0 Å². The van der Waals surface area contributed by atoms with Crippen molar-refractivity contribution in [3.05, 3.63) is 42.0 Å². The van der Waals surface area contributed by atoms with Gasteiger partial charge in [0.05, 0.1) is 6.61 Å². The summed E-state index contributed by atoms with van der Waals surface area (Å²) in [4.78, 5) is 23.4. The van der Waals surface area contributed by atoms with Gasteiger partial charge in [-0.1, -0.05) is 64.0 Å². The molecule has 0 fully saturated rings. The van der Waals surface area contributed by atoms with Crippen LogP contribution in [0.3, 0.4) is 0 Å². The Hall–Kier alpha value is -2.10. The fraction of sp³-hybridized carbons (Fsp3) is 0.615. The van der Waals surface area contributed by atoms with Crippen LogP contribution in [0.15, 0.2) is 36.4 Å². The molecule has 0 unspecified atom stereocenters. The van der Waals surface area contributed by atoms with Gasteiger partial charge in [-0.25, -0.2) is 0 Å². The molecule has 0 spiro atoms. The summed E-state index contributed by atoms with van der Waals surface area (Å²) in [5, 5.41) is 3.37. The number of hydrogen-bond acceptors (Lipinski definition) is 4. The lowest BCUT2D eigenvalue weighted by Crippen LogP contribution is -2.11. The van der Waals surface area contributed by atoms with Gasteiger partial charge < -0.3 is 10.1 Å². The van der Waals surface area contributed by atoms with E-state index in [-0.39, 0.29) is 12.2 Å². The molecule has 0 amide bonds. The van der Waals surface area contributed by atoms with Gasteiger partial charge in [-0.2, -0.15) is 0 Å². The second kappa shape index (κ2) is 17.7. The van der Waals surface area contributed by atoms with E-state index in [4.69, 9.17) is 4.74 Å². The maximum Gasteiger partial charge on any atom is 0.313 e. The number of ketones is 1. The average molecular weight is 416 g/mol. The number of rotatable bonds is 18. The van der Waals surface area contributed by atoms with Crippen LogP contribution in [-0.2, 0) is 9.53 Å². The fourth-order valence-corrected chi connectivity index (χ4v) is 3.30. The summed E-state index contributed by atoms with van der Waals surface area (Å²) in [5.41, 5.74) is 1.53. The van der Waals surface area contributed by atoms with Crippen LogP contribution in [0.1, 0.15) is 101 Å². The number of ether oxygens (including phenoxy) is 1. The number of allylic oxidation sites excluding steroid dienone is 2. The number of unbranched alkanes of at least 4 members (excludes halogenated alkanes) is 9. The highest BCUT2D eigenvalue weighted by molar-refractivity contribution is 6.06. The Bertz CT molecular complexity index is 607. The first kappa shape index (κ1) is 25.9. The van der Waals surface area contributed by atoms with Gasteiger partial charge in [0.1, 0.15) is 6.42 Å². The van der Waals surface area contributed by atoms with Crippen molar-refractivity contribution in [2.24, 2.45) is 0 Å². The summed E-state index contributed by atoms with van der Waals surface area (Å²) in [6.07, 6.45) is 18.7. The summed E-state index contributed by atoms with van der Waals surface area (Å²) < 4.78 is 4.81. The van der Waals surface area contributed by atoms with Crippen LogP contribution in [0.25, 0.3) is 0 Å². The summed E-state index contributed by atoms with van der Waals surface area (Å²) in [6.45, 7) is 5.19. The molecule has 1 aromatic rings. The van der Waals surface area contributed by atoms with Crippen LogP contribution in [0.4, 0.5) is 5.69 Å². The molecule has 4 nitrogen and oxygen atoms in total. The largest absolute Gasteiger partial charge is 0.466 e. The molecule has 0 aliphatic carbocycles. The lowest BCUT2D eigenvalue weighted by Gasteiger charge is -2.06. The first-order chi connectivity index (χ1) is 14.7. The lowest BCUT2D eigenvalue weighted by molar-refractivity contribution is -0.141. The first-order valence-corrected chi connectivity index (χ1v) is 11.8. The van der Waals surface area contributed by atoms with E-state index < -0.39 is 5.97 Å². The van der Waals surface area contributed by atoms with Gasteiger partial charge in [-0.3, -0.25) is 9.59 Å². The molecule has 0 saturated heterocycles. The fourth-order valence-electron chi connectivity index (χ4n) is 3.30. The van der Waals surface area contributed by atoms with E-state index >= 15 is 0 Å². The average Bonchev–Trinajstić information content (AvgIpc) is 2.74. The molecule has 0 saturated carbocycles. The van der Waals surface area contributed by atoms with Crippen LogP contribution in [0.2, 0.25) is 0 Å². The van der Waals surface area contributed by atoms with Gasteiger partial charge >= 0.3 is 5.97 Å². The highest BCUT2D eigenvalue weighted by atomic mass is 16.5. The number of carbonyl (C=O) groups excluding carboxylic acids is 2. The zero-order valence-electron chi connectivity index (χ0n) is 19.1. The van der Waals surface area contributed by atoms with E-state index in [0.29, 0.717) is 12.2 Å². The Morgan fingerprint density at radius 2 is 1.43 bits per heavy atom. The molecule has 1 aromatic carbocycles. The van der Waals surface area contributed by atoms with E-state index in [0.717, 1.165) is 25.1 Å². The van der Waals surface area contributed by atoms with E-state index in [1.165, 1.54) is 57.8 Å². The molecule has 0 aliphatic rings. The van der Waals surface area contributed by atoms with Gasteiger partial charge in [-0.05, 0) is 56.9 Å². The summed E-state index contributed by atoms with van der Waals surface area (Å²) in [7, 11) is 0. The predicted octanol–water partition coefficient (Wildman–Crippen LogP) is 7.10. The predicted molar refractivity (Wildman–Crippen MR) is 126 cm³/mol. The third-order valence-corrected chi connectivity index (χ3v) is 5.08. The zero-order chi connectivity index (χ0) is 21.9. The van der Waals surface area contributed by atoms with Gasteiger partial charge in [0.2, 0.25) is 0 Å². The third-order valence-electron chi connectivity index (χ3n) is 5.08. The summed E-state index contributed by atoms with van der Waals surface area (Å²) in [5.74, 6) is -0.679. The summed E-state index contributed by atoms with van der Waals surface area (Å²) in [6, 6.07) is 7.29. The van der Waals surface area contributed by atoms with Crippen molar-refractivity contribution in [2.75, 3.05) is 18.5 Å². The van der Waals surface area contributed by atoms with Crippen molar-refractivity contribution >= 4 is 17.4 Å². The van der Waals surface area contributed by atoms with Gasteiger partial charge in [0, 0.05) is 17.8 Å². The normalized spacial score (nSPS) is 11.0. The molecule has 1 rings (SSSR count). The van der Waals surface area contributed by atoms with Crippen molar-refractivity contribution in [1.29, 1.82) is 0 Å². The quantitative estimate of drug-likeness (QED) is 0.0913. The Kier molecular flexibility index (Phi) is 15.3. The topological polar surface area (TPSA) is 55.4 Å². The Morgan fingerprint density at radius 1 is 0.833 bits per heavy atom. The lowest BCUT2D eigenvalue weighted by atomic mass is 10.1. The minimum absolute atomic E-state index is 0.202. The first-order valence-electron chi connectivity index (χ1n) is 11.8. The Morgan fingerprint density at radius 3 is 2.07 bits per heavy atom. The summed E-state index contributed by atoms with van der Waals surface area (Å²) >= 11 is 0. The molecule has 0 atom stereocenters. The Balaban J connectivity index is 2.05. The number of benzene rings is 1. The highest BCUT2D eigenvalue weighted by Crippen LogP contribution is 2.12. The smallest absolute Gasteiger partial charge is 0.313 e. The number of nitrogens with one attached hydrogen (secondary N) is 1. The maximum absolute atomic E-state index is 12.0. The monoisotopic (exact) mass is 415 g/mol. The molecular weight excluding hydrogens is 374 g/mol. The molecule has 30 heavy (non-hydrogen) atoms. The van der Waals surface area contributed by atoms with Crippen molar-refractivity contribution < 1.29 is 14.3 Å². The number of carbonyl (C=O) groups is 2. The number of esters is 1. The van der Waals surface area contributed by atoms with E-state index in [1.807, 2.05) is 12.1 Å². The second-order valence-electron chi connectivity index (χ2n) is 7.79. The molecular formula is C26H41NO3. The minimum atomic E-state index is -0.472. The molecule has 4 heteroatoms. The van der Waals surface area contributed by atoms with Crippen molar-refractivity contribution in [1.82, 2.24) is 0 Å². The van der Waals surface area contributed by atoms with Crippen LogP contribution < -0.4 is 5.32 Å². The molecule has 0 heterocycles. The van der Waals surface area contributed by atoms with Crippen LogP contribution >= 0.6 is 0 Å². The zero-order valence-corrected chi connectivity index (χ0v) is 19.1. The van der Waals surface area contributed by atoms with Crippen LogP contribution in [0, 0.1) is 0 Å². The second-order valence-corrected chi connectivity index (χ2v) is 7.79. The number of hydrogen-bond donors (Lipinski definition) is 1. The number of anilines is 1. The SMILES string of the molecule is CCCCCCCCCCC=CCCCNc1ccc(C(=O)CC(=O)OCC)cc1. The van der Waals surface area contributed by atoms with Gasteiger partial charge in [0.25, 0.3) is 0 Å². The Labute approximate surface area is 183 Å². The van der Waals surface area contributed by atoms with Crippen molar-refractivity contribution in [2.45, 2.75) is 90.9 Å².